The summed E-state index contributed by atoms with van der Waals surface area (Å²) in [5.41, 5.74) is 0.351. The van der Waals surface area contributed by atoms with Crippen molar-refractivity contribution in [1.29, 1.82) is 0 Å². The van der Waals surface area contributed by atoms with E-state index < -0.39 is 17.5 Å². The number of H-pyrrole nitrogens is 1. The second-order valence-corrected chi connectivity index (χ2v) is 6.71. The second kappa shape index (κ2) is 7.69. The van der Waals surface area contributed by atoms with Gasteiger partial charge in [0.1, 0.15) is 5.82 Å². The van der Waals surface area contributed by atoms with Crippen molar-refractivity contribution in [3.05, 3.63) is 46.7 Å². The first-order chi connectivity index (χ1) is 14.3. The lowest BCUT2D eigenvalue weighted by molar-refractivity contribution is -0.137. The summed E-state index contributed by atoms with van der Waals surface area (Å²) in [5.74, 6) is -0.294. The topological polar surface area (TPSA) is 107 Å². The fraction of sp³-hybridized carbons (Fsp3) is 0.333. The third-order valence-electron chi connectivity index (χ3n) is 4.75. The minimum atomic E-state index is -4.42. The molecule has 9 nitrogen and oxygen atoms in total. The van der Waals surface area contributed by atoms with E-state index in [-0.39, 0.29) is 18.0 Å². The normalized spacial score (nSPS) is 14.9. The lowest BCUT2D eigenvalue weighted by Gasteiger charge is -2.35. The third-order valence-corrected chi connectivity index (χ3v) is 4.75. The number of hydrogen-bond donors (Lipinski definition) is 2. The summed E-state index contributed by atoms with van der Waals surface area (Å²) in [5, 5.41) is 2.94. The second-order valence-electron chi connectivity index (χ2n) is 6.71. The van der Waals surface area contributed by atoms with Crippen molar-refractivity contribution in [1.82, 2.24) is 19.9 Å². The number of halogens is 3. The fourth-order valence-electron chi connectivity index (χ4n) is 3.15. The van der Waals surface area contributed by atoms with Gasteiger partial charge < -0.3 is 19.5 Å². The van der Waals surface area contributed by atoms with Crippen molar-refractivity contribution in [2.45, 2.75) is 6.18 Å². The third kappa shape index (κ3) is 4.21. The number of amides is 1. The highest BCUT2D eigenvalue weighted by molar-refractivity contribution is 5.82. The zero-order valence-electron chi connectivity index (χ0n) is 15.6. The Hall–Kier alpha value is -3.57. The van der Waals surface area contributed by atoms with Crippen LogP contribution in [0.5, 0.6) is 0 Å². The van der Waals surface area contributed by atoms with Gasteiger partial charge in [0.15, 0.2) is 11.2 Å². The Morgan fingerprint density at radius 3 is 2.60 bits per heavy atom. The van der Waals surface area contributed by atoms with Crippen molar-refractivity contribution in [3.63, 3.8) is 0 Å². The fourth-order valence-corrected chi connectivity index (χ4v) is 3.15. The van der Waals surface area contributed by atoms with Gasteiger partial charge in [0.05, 0.1) is 24.0 Å². The highest BCUT2D eigenvalue weighted by atomic mass is 19.4. The van der Waals surface area contributed by atoms with Gasteiger partial charge in [0.25, 0.3) is 0 Å². The van der Waals surface area contributed by atoms with Crippen molar-refractivity contribution in [3.8, 4) is 0 Å². The predicted octanol–water partition coefficient (Wildman–Crippen LogP) is 1.69. The maximum Gasteiger partial charge on any atom is 0.418 e. The van der Waals surface area contributed by atoms with Crippen LogP contribution in [0.2, 0.25) is 0 Å². The van der Waals surface area contributed by atoms with E-state index in [1.807, 2.05) is 4.90 Å². The van der Waals surface area contributed by atoms with Crippen LogP contribution in [0, 0.1) is 0 Å². The van der Waals surface area contributed by atoms with Crippen LogP contribution in [0.4, 0.5) is 24.7 Å². The van der Waals surface area contributed by atoms with E-state index >= 15 is 0 Å². The summed E-state index contributed by atoms with van der Waals surface area (Å²) >= 11 is 0. The Morgan fingerprint density at radius 2 is 1.93 bits per heavy atom. The number of piperazine rings is 1. The van der Waals surface area contributed by atoms with Gasteiger partial charge in [-0.15, -0.1) is 0 Å². The number of aromatic nitrogens is 3. The summed E-state index contributed by atoms with van der Waals surface area (Å²) in [6, 6.07) is 3.91. The van der Waals surface area contributed by atoms with Crippen molar-refractivity contribution < 1.29 is 22.4 Å². The predicted molar refractivity (Wildman–Crippen MR) is 101 cm³/mol. The summed E-state index contributed by atoms with van der Waals surface area (Å²) < 4.78 is 42.9. The maximum atomic E-state index is 12.6. The number of carbonyl (C=O) groups excluding carboxylic acids is 1. The first kappa shape index (κ1) is 19.7. The van der Waals surface area contributed by atoms with E-state index in [4.69, 9.17) is 4.42 Å². The Labute approximate surface area is 167 Å². The van der Waals surface area contributed by atoms with Gasteiger partial charge in [-0.2, -0.15) is 13.2 Å². The molecule has 12 heteroatoms. The van der Waals surface area contributed by atoms with Gasteiger partial charge in [-0.3, -0.25) is 9.78 Å². The van der Waals surface area contributed by atoms with Gasteiger partial charge in [0, 0.05) is 38.4 Å². The van der Waals surface area contributed by atoms with E-state index in [2.05, 4.69) is 20.3 Å². The number of carbonyl (C=O) groups is 1. The minimum absolute atomic E-state index is 0.0281. The van der Waals surface area contributed by atoms with Crippen LogP contribution in [-0.2, 0) is 11.0 Å². The summed E-state index contributed by atoms with van der Waals surface area (Å²) in [6.07, 6.45) is -2.13. The number of aromatic amines is 1. The molecule has 1 amide bonds. The summed E-state index contributed by atoms with van der Waals surface area (Å²) in [7, 11) is 0. The number of oxazole rings is 1. The summed E-state index contributed by atoms with van der Waals surface area (Å²) in [6.45, 7) is 1.80. The number of fused-ring (bicyclic) bond motifs is 1. The molecular formula is C18H17F3N6O3. The standard InChI is InChI=1S/C18H17F3N6O3/c19-18(20,21)11-1-2-14(23-8-11)26-3-5-27(6-4-26)15(28)10-22-12-7-13-16(24-9-12)25-17(29)30-13/h1-2,7-9,22H,3-6,10H2,(H,24,25,29). The number of nitrogens with zero attached hydrogens (tertiary/aromatic N) is 4. The Balaban J connectivity index is 1.30. The van der Waals surface area contributed by atoms with Crippen molar-refractivity contribution in [2.75, 3.05) is 42.9 Å². The number of pyridine rings is 2. The molecule has 2 N–H and O–H groups in total. The number of rotatable bonds is 4. The molecule has 1 aliphatic rings. The average molecular weight is 422 g/mol. The number of nitrogens with one attached hydrogen (secondary N) is 2. The van der Waals surface area contributed by atoms with Crippen LogP contribution in [0.3, 0.4) is 0 Å². The first-order valence-corrected chi connectivity index (χ1v) is 9.08. The highest BCUT2D eigenvalue weighted by Crippen LogP contribution is 2.29. The molecule has 1 aliphatic heterocycles. The van der Waals surface area contributed by atoms with E-state index in [0.717, 1.165) is 12.3 Å². The minimum Gasteiger partial charge on any atom is -0.406 e. The zero-order valence-corrected chi connectivity index (χ0v) is 15.6. The number of alkyl halides is 3. The van der Waals surface area contributed by atoms with Gasteiger partial charge in [-0.25, -0.2) is 14.8 Å². The molecule has 0 unspecified atom stereocenters. The first-order valence-electron chi connectivity index (χ1n) is 9.08. The number of hydrogen-bond acceptors (Lipinski definition) is 7. The van der Waals surface area contributed by atoms with E-state index in [1.165, 1.54) is 12.3 Å². The molecule has 1 saturated heterocycles. The Bertz CT molecular complexity index is 1100. The molecule has 1 fully saturated rings. The van der Waals surface area contributed by atoms with Gasteiger partial charge in [0.2, 0.25) is 5.91 Å². The van der Waals surface area contributed by atoms with Gasteiger partial charge in [-0.05, 0) is 12.1 Å². The molecule has 3 aromatic rings. The lowest BCUT2D eigenvalue weighted by Crippen LogP contribution is -2.50. The maximum absolute atomic E-state index is 12.6. The van der Waals surface area contributed by atoms with Crippen LogP contribution in [0.15, 0.2) is 39.8 Å². The van der Waals surface area contributed by atoms with Crippen LogP contribution < -0.4 is 16.0 Å². The molecule has 0 radical (unpaired) electrons. The smallest absolute Gasteiger partial charge is 0.406 e. The lowest BCUT2D eigenvalue weighted by atomic mass is 10.2. The number of anilines is 2. The van der Waals surface area contributed by atoms with Gasteiger partial charge >= 0.3 is 11.9 Å². The van der Waals surface area contributed by atoms with Crippen LogP contribution in [-0.4, -0.2) is 58.5 Å². The molecule has 4 rings (SSSR count). The van der Waals surface area contributed by atoms with Crippen molar-refractivity contribution >= 4 is 28.6 Å². The van der Waals surface area contributed by atoms with E-state index in [0.29, 0.717) is 43.3 Å². The molecule has 0 spiro atoms. The molecule has 0 aromatic carbocycles. The van der Waals surface area contributed by atoms with Crippen LogP contribution in [0.1, 0.15) is 5.56 Å². The molecule has 4 heterocycles. The SMILES string of the molecule is O=C(CNc1cnc2[nH]c(=O)oc2c1)N1CCN(c2ccc(C(F)(F)F)cn2)CC1. The van der Waals surface area contributed by atoms with Crippen LogP contribution in [0.25, 0.3) is 11.2 Å². The summed E-state index contributed by atoms with van der Waals surface area (Å²) in [4.78, 5) is 37.5. The largest absolute Gasteiger partial charge is 0.418 e. The molecule has 0 saturated carbocycles. The Morgan fingerprint density at radius 1 is 1.17 bits per heavy atom. The molecule has 0 atom stereocenters. The Kier molecular flexibility index (Phi) is 5.06. The molecule has 30 heavy (non-hydrogen) atoms. The molecular weight excluding hydrogens is 405 g/mol. The molecule has 0 aliphatic carbocycles. The van der Waals surface area contributed by atoms with Gasteiger partial charge in [-0.1, -0.05) is 0 Å². The molecule has 0 bridgehead atoms. The molecule has 158 valence electrons. The zero-order chi connectivity index (χ0) is 21.3. The quantitative estimate of drug-likeness (QED) is 0.659. The average Bonchev–Trinajstić information content (AvgIpc) is 3.11. The highest BCUT2D eigenvalue weighted by Gasteiger charge is 2.31. The van der Waals surface area contributed by atoms with E-state index in [1.54, 1.807) is 11.0 Å². The molecule has 3 aromatic heterocycles. The van der Waals surface area contributed by atoms with Crippen LogP contribution >= 0.6 is 0 Å². The van der Waals surface area contributed by atoms with E-state index in [9.17, 15) is 22.8 Å². The van der Waals surface area contributed by atoms with Crippen molar-refractivity contribution in [2.24, 2.45) is 0 Å². The monoisotopic (exact) mass is 422 g/mol.